The number of hydrogen-bond donors (Lipinski definition) is 1. The van der Waals surface area contributed by atoms with Crippen molar-refractivity contribution in [3.05, 3.63) is 29.3 Å². The molecule has 1 N–H and O–H groups in total. The number of amides is 2. The molecule has 1 aliphatic rings. The molecular weight excluding hydrogens is 328 g/mol. The summed E-state index contributed by atoms with van der Waals surface area (Å²) in [4.78, 5) is 26.1. The molecule has 2 aromatic rings. The van der Waals surface area contributed by atoms with E-state index in [-0.39, 0.29) is 24.8 Å². The van der Waals surface area contributed by atoms with Crippen molar-refractivity contribution in [3.8, 4) is 5.75 Å². The molecule has 1 aromatic heterocycles. The van der Waals surface area contributed by atoms with Crippen LogP contribution in [0.4, 0.5) is 10.8 Å². The summed E-state index contributed by atoms with van der Waals surface area (Å²) in [5, 5.41) is 12.0. The maximum atomic E-state index is 12.4. The number of hydrogen-bond acceptors (Lipinski definition) is 6. The van der Waals surface area contributed by atoms with E-state index in [1.165, 1.54) is 11.3 Å². The summed E-state index contributed by atoms with van der Waals surface area (Å²) in [5.74, 6) is 0.311. The predicted octanol–water partition coefficient (Wildman–Crippen LogP) is 2.24. The number of aryl methyl sites for hydroxylation is 1. The Hall–Kier alpha value is -2.48. The van der Waals surface area contributed by atoms with Crippen LogP contribution >= 0.6 is 11.3 Å². The number of benzene rings is 1. The Morgan fingerprint density at radius 2 is 2.17 bits per heavy atom. The highest BCUT2D eigenvalue weighted by Gasteiger charge is 2.31. The number of anilines is 2. The van der Waals surface area contributed by atoms with Crippen LogP contribution in [0, 0.1) is 0 Å². The number of nitrogens with one attached hydrogen (secondary N) is 1. The molecule has 2 amide bonds. The maximum absolute atomic E-state index is 12.4. The van der Waals surface area contributed by atoms with Gasteiger partial charge in [0.15, 0.2) is 6.10 Å². The van der Waals surface area contributed by atoms with Crippen LogP contribution < -0.4 is 15.0 Å². The number of fused-ring (bicyclic) bond motifs is 1. The summed E-state index contributed by atoms with van der Waals surface area (Å²) in [5.41, 5.74) is 0.692. The number of para-hydroxylation sites is 2. The molecule has 0 unspecified atom stereocenters. The Labute approximate surface area is 143 Å². The molecule has 1 atom stereocenters. The molecule has 0 saturated carbocycles. The van der Waals surface area contributed by atoms with Crippen LogP contribution in [-0.4, -0.2) is 34.7 Å². The number of carbonyl (C=O) groups is 2. The molecule has 24 heavy (non-hydrogen) atoms. The first-order chi connectivity index (χ1) is 11.6. The maximum Gasteiger partial charge on any atom is 0.267 e. The quantitative estimate of drug-likeness (QED) is 0.897. The van der Waals surface area contributed by atoms with E-state index in [9.17, 15) is 9.59 Å². The summed E-state index contributed by atoms with van der Waals surface area (Å²) in [6, 6.07) is 7.33. The third-order valence-corrected chi connectivity index (χ3v) is 4.63. The van der Waals surface area contributed by atoms with Crippen LogP contribution in [-0.2, 0) is 16.0 Å². The fourth-order valence-electron chi connectivity index (χ4n) is 2.43. The van der Waals surface area contributed by atoms with Gasteiger partial charge in [0.2, 0.25) is 11.0 Å². The number of rotatable bonds is 5. The molecule has 7 nitrogen and oxygen atoms in total. The number of ether oxygens (including phenoxy) is 1. The van der Waals surface area contributed by atoms with Gasteiger partial charge < -0.3 is 15.0 Å². The smallest absolute Gasteiger partial charge is 0.267 e. The lowest BCUT2D eigenvalue weighted by molar-refractivity contribution is -0.125. The second-order valence-electron chi connectivity index (χ2n) is 5.37. The van der Waals surface area contributed by atoms with Gasteiger partial charge in [-0.05, 0) is 25.5 Å². The molecular formula is C16H18N4O3S. The van der Waals surface area contributed by atoms with Gasteiger partial charge >= 0.3 is 0 Å². The van der Waals surface area contributed by atoms with Gasteiger partial charge in [-0.2, -0.15) is 0 Å². The first kappa shape index (κ1) is 16.4. The minimum absolute atomic E-state index is 0.148. The zero-order valence-corrected chi connectivity index (χ0v) is 14.3. The highest BCUT2D eigenvalue weighted by atomic mass is 32.1. The minimum Gasteiger partial charge on any atom is -0.479 e. The van der Waals surface area contributed by atoms with Crippen LogP contribution in [0.3, 0.4) is 0 Å². The highest BCUT2D eigenvalue weighted by Crippen LogP contribution is 2.33. The SMILES string of the molecule is CCc1nnc(NC(=O)CCN2C(=O)[C@H](C)Oc3ccccc32)s1. The molecule has 0 saturated heterocycles. The summed E-state index contributed by atoms with van der Waals surface area (Å²) >= 11 is 1.36. The molecule has 0 spiro atoms. The van der Waals surface area contributed by atoms with Gasteiger partial charge in [0.05, 0.1) is 5.69 Å². The number of carbonyl (C=O) groups excluding carboxylic acids is 2. The van der Waals surface area contributed by atoms with E-state index in [4.69, 9.17) is 4.74 Å². The molecule has 8 heteroatoms. The summed E-state index contributed by atoms with van der Waals surface area (Å²) in [6.07, 6.45) is 0.399. The van der Waals surface area contributed by atoms with Crippen molar-refractivity contribution in [3.63, 3.8) is 0 Å². The Bertz CT molecular complexity index is 761. The molecule has 3 rings (SSSR count). The number of nitrogens with zero attached hydrogens (tertiary/aromatic N) is 3. The largest absolute Gasteiger partial charge is 0.479 e. The van der Waals surface area contributed by atoms with Crippen molar-refractivity contribution in [2.24, 2.45) is 0 Å². The van der Waals surface area contributed by atoms with Gasteiger partial charge in [-0.1, -0.05) is 30.4 Å². The first-order valence-corrected chi connectivity index (χ1v) is 8.59. The lowest BCUT2D eigenvalue weighted by Crippen LogP contribution is -2.45. The Morgan fingerprint density at radius 3 is 2.92 bits per heavy atom. The van der Waals surface area contributed by atoms with Crippen molar-refractivity contribution in [2.75, 3.05) is 16.8 Å². The minimum atomic E-state index is -0.557. The van der Waals surface area contributed by atoms with E-state index in [2.05, 4.69) is 15.5 Å². The predicted molar refractivity (Wildman–Crippen MR) is 91.4 cm³/mol. The lowest BCUT2D eigenvalue weighted by Gasteiger charge is -2.32. The topological polar surface area (TPSA) is 84.4 Å². The van der Waals surface area contributed by atoms with E-state index in [0.29, 0.717) is 16.6 Å². The van der Waals surface area contributed by atoms with E-state index >= 15 is 0 Å². The molecule has 2 heterocycles. The van der Waals surface area contributed by atoms with Gasteiger partial charge in [0, 0.05) is 13.0 Å². The lowest BCUT2D eigenvalue weighted by atomic mass is 10.1. The van der Waals surface area contributed by atoms with Crippen LogP contribution in [0.5, 0.6) is 5.75 Å². The van der Waals surface area contributed by atoms with Gasteiger partial charge in [0.1, 0.15) is 10.8 Å². The van der Waals surface area contributed by atoms with Gasteiger partial charge in [-0.25, -0.2) is 0 Å². The Kier molecular flexibility index (Phi) is 4.75. The average molecular weight is 346 g/mol. The second kappa shape index (κ2) is 6.96. The van der Waals surface area contributed by atoms with Crippen molar-refractivity contribution in [2.45, 2.75) is 32.8 Å². The van der Waals surface area contributed by atoms with Gasteiger partial charge in [-0.15, -0.1) is 10.2 Å². The third-order valence-electron chi connectivity index (χ3n) is 3.65. The molecule has 0 fully saturated rings. The average Bonchev–Trinajstić information content (AvgIpc) is 3.03. The summed E-state index contributed by atoms with van der Waals surface area (Å²) in [7, 11) is 0. The van der Waals surface area contributed by atoms with Crippen molar-refractivity contribution >= 4 is 34.0 Å². The fourth-order valence-corrected chi connectivity index (χ4v) is 3.13. The van der Waals surface area contributed by atoms with Gasteiger partial charge in [-0.3, -0.25) is 9.59 Å². The zero-order chi connectivity index (χ0) is 17.1. The molecule has 0 bridgehead atoms. The van der Waals surface area contributed by atoms with Crippen LogP contribution in [0.15, 0.2) is 24.3 Å². The summed E-state index contributed by atoms with van der Waals surface area (Å²) < 4.78 is 5.58. The Morgan fingerprint density at radius 1 is 1.38 bits per heavy atom. The first-order valence-electron chi connectivity index (χ1n) is 7.77. The molecule has 1 aliphatic heterocycles. The second-order valence-corrected chi connectivity index (χ2v) is 6.43. The van der Waals surface area contributed by atoms with Crippen LogP contribution in [0.2, 0.25) is 0 Å². The monoisotopic (exact) mass is 346 g/mol. The van der Waals surface area contributed by atoms with Crippen LogP contribution in [0.25, 0.3) is 0 Å². The zero-order valence-electron chi connectivity index (χ0n) is 13.5. The van der Waals surface area contributed by atoms with E-state index in [1.807, 2.05) is 31.2 Å². The standard InChI is InChI=1S/C16H18N4O3S/c1-3-14-18-19-16(24-14)17-13(21)8-9-20-11-6-4-5-7-12(11)23-10(2)15(20)22/h4-7,10H,3,8-9H2,1-2H3,(H,17,19,21)/t10-/m0/s1. The van der Waals surface area contributed by atoms with Crippen molar-refractivity contribution in [1.82, 2.24) is 10.2 Å². The van der Waals surface area contributed by atoms with Crippen molar-refractivity contribution in [1.29, 1.82) is 0 Å². The van der Waals surface area contributed by atoms with E-state index < -0.39 is 6.10 Å². The third kappa shape index (κ3) is 3.38. The fraction of sp³-hybridized carbons (Fsp3) is 0.375. The van der Waals surface area contributed by atoms with Crippen LogP contribution in [0.1, 0.15) is 25.3 Å². The summed E-state index contributed by atoms with van der Waals surface area (Å²) in [6.45, 7) is 3.97. The molecule has 0 radical (unpaired) electrons. The molecule has 0 aliphatic carbocycles. The van der Waals surface area contributed by atoms with E-state index in [1.54, 1.807) is 11.8 Å². The Balaban J connectivity index is 1.65. The van der Waals surface area contributed by atoms with Crippen molar-refractivity contribution < 1.29 is 14.3 Å². The van der Waals surface area contributed by atoms with E-state index in [0.717, 1.165) is 11.4 Å². The van der Waals surface area contributed by atoms with Gasteiger partial charge in [0.25, 0.3) is 5.91 Å². The molecule has 126 valence electrons. The highest BCUT2D eigenvalue weighted by molar-refractivity contribution is 7.15. The number of aromatic nitrogens is 2. The molecule has 1 aromatic carbocycles. The normalized spacial score (nSPS) is 16.5.